The molecule has 1 atom stereocenters. The van der Waals surface area contributed by atoms with E-state index in [9.17, 15) is 4.39 Å². The van der Waals surface area contributed by atoms with Gasteiger partial charge in [0, 0.05) is 32.2 Å². The molecule has 1 N–H and O–H groups in total. The fourth-order valence-electron chi connectivity index (χ4n) is 2.83. The van der Waals surface area contributed by atoms with E-state index in [4.69, 9.17) is 9.47 Å². The zero-order chi connectivity index (χ0) is 15.1. The Morgan fingerprint density at radius 1 is 1.29 bits per heavy atom. The first-order chi connectivity index (χ1) is 10.3. The van der Waals surface area contributed by atoms with Gasteiger partial charge in [-0.1, -0.05) is 6.07 Å². The molecule has 5 heteroatoms. The first-order valence-electron chi connectivity index (χ1n) is 7.61. The summed E-state index contributed by atoms with van der Waals surface area (Å²) in [5.41, 5.74) is 1.10. The molecular weight excluding hydrogens is 271 g/mol. The highest BCUT2D eigenvalue weighted by Crippen LogP contribution is 2.33. The number of nitrogens with one attached hydrogen (secondary N) is 1. The maximum atomic E-state index is 13.0. The zero-order valence-electron chi connectivity index (χ0n) is 12.9. The first-order valence-corrected chi connectivity index (χ1v) is 7.61. The third-order valence-electron chi connectivity index (χ3n) is 3.85. The third kappa shape index (κ3) is 4.08. The molecule has 1 fully saturated rings. The van der Waals surface area contributed by atoms with Crippen molar-refractivity contribution in [2.45, 2.75) is 19.4 Å². The Kier molecular flexibility index (Phi) is 6.26. The van der Waals surface area contributed by atoms with Crippen LogP contribution in [0.4, 0.5) is 4.39 Å². The van der Waals surface area contributed by atoms with Gasteiger partial charge in [-0.3, -0.25) is 9.29 Å². The normalized spacial score (nSPS) is 17.5. The lowest BCUT2D eigenvalue weighted by Gasteiger charge is -2.35. The minimum absolute atomic E-state index is 0.0993. The summed E-state index contributed by atoms with van der Waals surface area (Å²) in [6.07, 6.45) is 0.512. The topological polar surface area (TPSA) is 33.7 Å². The van der Waals surface area contributed by atoms with Crippen molar-refractivity contribution in [3.8, 4) is 11.5 Å². The number of alkyl halides is 1. The molecule has 0 saturated carbocycles. The van der Waals surface area contributed by atoms with Crippen LogP contribution in [0.25, 0.3) is 0 Å². The lowest BCUT2D eigenvalue weighted by atomic mass is 10.0. The van der Waals surface area contributed by atoms with Crippen LogP contribution >= 0.6 is 0 Å². The number of rotatable bonds is 7. The Morgan fingerprint density at radius 2 is 2.05 bits per heavy atom. The maximum absolute atomic E-state index is 13.0. The summed E-state index contributed by atoms with van der Waals surface area (Å²) in [6.45, 7) is 6.02. The largest absolute Gasteiger partial charge is 0.493 e. The van der Waals surface area contributed by atoms with Gasteiger partial charge < -0.3 is 14.8 Å². The van der Waals surface area contributed by atoms with Crippen LogP contribution in [0.15, 0.2) is 18.2 Å². The van der Waals surface area contributed by atoms with Crippen LogP contribution in [-0.4, -0.2) is 51.5 Å². The lowest BCUT2D eigenvalue weighted by Crippen LogP contribution is -2.45. The van der Waals surface area contributed by atoms with Gasteiger partial charge in [-0.2, -0.15) is 0 Å². The number of piperazine rings is 1. The molecule has 118 valence electrons. The highest BCUT2D eigenvalue weighted by molar-refractivity contribution is 5.44. The minimum atomic E-state index is -0.315. The minimum Gasteiger partial charge on any atom is -0.493 e. The smallest absolute Gasteiger partial charge is 0.161 e. The second kappa shape index (κ2) is 8.20. The van der Waals surface area contributed by atoms with Gasteiger partial charge in [0.25, 0.3) is 0 Å². The van der Waals surface area contributed by atoms with Crippen LogP contribution < -0.4 is 14.8 Å². The van der Waals surface area contributed by atoms with Gasteiger partial charge >= 0.3 is 0 Å². The number of nitrogens with zero attached hydrogens (tertiary/aromatic N) is 1. The molecule has 1 aromatic rings. The predicted molar refractivity (Wildman–Crippen MR) is 81.9 cm³/mol. The number of methoxy groups -OCH3 is 1. The van der Waals surface area contributed by atoms with Crippen molar-refractivity contribution >= 4 is 0 Å². The van der Waals surface area contributed by atoms with Gasteiger partial charge in [-0.05, 0) is 31.0 Å². The van der Waals surface area contributed by atoms with Crippen molar-refractivity contribution < 1.29 is 13.9 Å². The molecule has 0 amide bonds. The average molecular weight is 296 g/mol. The van der Waals surface area contributed by atoms with Crippen molar-refractivity contribution in [2.24, 2.45) is 0 Å². The molecule has 0 aliphatic carbocycles. The van der Waals surface area contributed by atoms with Crippen molar-refractivity contribution in [3.63, 3.8) is 0 Å². The molecule has 21 heavy (non-hydrogen) atoms. The van der Waals surface area contributed by atoms with E-state index in [0.29, 0.717) is 13.0 Å². The van der Waals surface area contributed by atoms with Crippen LogP contribution in [-0.2, 0) is 0 Å². The highest BCUT2D eigenvalue weighted by Gasteiger charge is 2.23. The summed E-state index contributed by atoms with van der Waals surface area (Å²) in [4.78, 5) is 2.34. The van der Waals surface area contributed by atoms with Gasteiger partial charge in [0.05, 0.1) is 20.4 Å². The molecule has 1 saturated heterocycles. The van der Waals surface area contributed by atoms with Gasteiger partial charge in [0.15, 0.2) is 11.5 Å². The number of hydrogen-bond acceptors (Lipinski definition) is 4. The molecular formula is C16H25FN2O2. The molecule has 1 aromatic carbocycles. The molecule has 0 aromatic heterocycles. The monoisotopic (exact) mass is 296 g/mol. The van der Waals surface area contributed by atoms with E-state index in [1.807, 2.05) is 25.1 Å². The van der Waals surface area contributed by atoms with Crippen LogP contribution in [0.3, 0.4) is 0 Å². The van der Waals surface area contributed by atoms with E-state index in [1.54, 1.807) is 7.11 Å². The Hall–Kier alpha value is -1.33. The van der Waals surface area contributed by atoms with E-state index in [0.717, 1.165) is 43.2 Å². The van der Waals surface area contributed by atoms with Crippen LogP contribution in [0.1, 0.15) is 24.9 Å². The van der Waals surface area contributed by atoms with Crippen molar-refractivity contribution in [1.29, 1.82) is 0 Å². The number of benzene rings is 1. The maximum Gasteiger partial charge on any atom is 0.161 e. The molecule has 0 radical (unpaired) electrons. The predicted octanol–water partition coefficient (Wildman–Crippen LogP) is 2.40. The third-order valence-corrected chi connectivity index (χ3v) is 3.85. The first kappa shape index (κ1) is 16.0. The highest BCUT2D eigenvalue weighted by atomic mass is 19.1. The van der Waals surface area contributed by atoms with Crippen molar-refractivity contribution in [2.75, 3.05) is 46.6 Å². The molecule has 2 rings (SSSR count). The molecule has 0 spiro atoms. The average Bonchev–Trinajstić information content (AvgIpc) is 2.54. The Balaban J connectivity index is 2.24. The SMILES string of the molecule is CCOc1cc([C@H](CCF)N2CCNCC2)ccc1OC. The van der Waals surface area contributed by atoms with Crippen molar-refractivity contribution in [1.82, 2.24) is 10.2 Å². The van der Waals surface area contributed by atoms with Gasteiger partial charge in [0.1, 0.15) is 0 Å². The summed E-state index contributed by atoms with van der Waals surface area (Å²) in [5.74, 6) is 1.46. The fraction of sp³-hybridized carbons (Fsp3) is 0.625. The zero-order valence-corrected chi connectivity index (χ0v) is 12.9. The Morgan fingerprint density at radius 3 is 2.67 bits per heavy atom. The van der Waals surface area contributed by atoms with E-state index in [1.165, 1.54) is 0 Å². The Labute approximate surface area is 126 Å². The van der Waals surface area contributed by atoms with Crippen LogP contribution in [0.2, 0.25) is 0 Å². The lowest BCUT2D eigenvalue weighted by molar-refractivity contribution is 0.157. The van der Waals surface area contributed by atoms with Gasteiger partial charge in [-0.15, -0.1) is 0 Å². The summed E-state index contributed by atoms with van der Waals surface area (Å²) in [7, 11) is 1.63. The summed E-state index contributed by atoms with van der Waals surface area (Å²) in [6, 6.07) is 6.02. The van der Waals surface area contributed by atoms with E-state index in [-0.39, 0.29) is 12.7 Å². The van der Waals surface area contributed by atoms with E-state index in [2.05, 4.69) is 10.2 Å². The quantitative estimate of drug-likeness (QED) is 0.838. The number of halogens is 1. The van der Waals surface area contributed by atoms with Gasteiger partial charge in [0.2, 0.25) is 0 Å². The van der Waals surface area contributed by atoms with Crippen LogP contribution in [0, 0.1) is 0 Å². The molecule has 0 unspecified atom stereocenters. The standard InChI is InChI=1S/C16H25FN2O2/c1-3-21-16-12-13(4-5-15(16)20-2)14(6-7-17)19-10-8-18-9-11-19/h4-5,12,14,18H,3,6-11H2,1-2H3/t14-/m0/s1. The number of ether oxygens (including phenoxy) is 2. The Bertz CT molecular complexity index is 436. The van der Waals surface area contributed by atoms with Gasteiger partial charge in [-0.25, -0.2) is 0 Å². The number of hydrogen-bond donors (Lipinski definition) is 1. The molecule has 4 nitrogen and oxygen atoms in total. The second-order valence-corrected chi connectivity index (χ2v) is 5.12. The molecule has 1 heterocycles. The van der Waals surface area contributed by atoms with Crippen LogP contribution in [0.5, 0.6) is 11.5 Å². The van der Waals surface area contributed by atoms with Crippen molar-refractivity contribution in [3.05, 3.63) is 23.8 Å². The second-order valence-electron chi connectivity index (χ2n) is 5.12. The fourth-order valence-corrected chi connectivity index (χ4v) is 2.83. The summed E-state index contributed by atoms with van der Waals surface area (Å²) >= 11 is 0. The molecule has 0 bridgehead atoms. The van der Waals surface area contributed by atoms with E-state index < -0.39 is 0 Å². The molecule has 1 aliphatic heterocycles. The molecule has 1 aliphatic rings. The van der Waals surface area contributed by atoms with E-state index >= 15 is 0 Å². The summed E-state index contributed by atoms with van der Waals surface area (Å²) < 4.78 is 23.9. The summed E-state index contributed by atoms with van der Waals surface area (Å²) in [5, 5.41) is 3.33.